The van der Waals surface area contributed by atoms with Crippen LogP contribution >= 0.6 is 0 Å². The van der Waals surface area contributed by atoms with Gasteiger partial charge in [0.1, 0.15) is 27.0 Å². The van der Waals surface area contributed by atoms with E-state index in [1.54, 1.807) is 14.1 Å². The second-order valence-corrected chi connectivity index (χ2v) is 4.39. The highest BCUT2D eigenvalue weighted by molar-refractivity contribution is 5.84. The first-order valence-electron chi connectivity index (χ1n) is 6.17. The molecule has 126 valence electrons. The Bertz CT molecular complexity index is 364. The molecule has 0 aromatic carbocycles. The molecule has 0 N–H and O–H groups in total. The number of hydrogen-bond donors (Lipinski definition) is 0. The Hall–Kier alpha value is -2.20. The summed E-state index contributed by atoms with van der Waals surface area (Å²) >= 11 is 0. The number of nitrogens with zero attached hydrogens (tertiary/aromatic N) is 4. The number of urea groups is 2. The number of likely N-dealkylation sites (N-methyl/N-ethyl adjacent to an activating group) is 2. The van der Waals surface area contributed by atoms with Crippen molar-refractivity contribution in [2.24, 2.45) is 0 Å². The smallest absolute Gasteiger partial charge is 0.327 e. The minimum absolute atomic E-state index is 0.125. The number of carbonyl (C=O) groups is 4. The van der Waals surface area contributed by atoms with Crippen LogP contribution < -0.4 is 0 Å². The van der Waals surface area contributed by atoms with Crippen molar-refractivity contribution in [1.82, 2.24) is 19.6 Å². The molecule has 2 atom stereocenters. The number of rotatable bonds is 4. The average Bonchev–Trinajstić information content (AvgIpc) is 2.94. The molecule has 4 amide bonds. The van der Waals surface area contributed by atoms with E-state index in [1.807, 2.05) is 13.6 Å². The van der Waals surface area contributed by atoms with Crippen molar-refractivity contribution >= 4 is 25.6 Å². The van der Waals surface area contributed by atoms with Crippen LogP contribution in [0.15, 0.2) is 0 Å². The third-order valence-corrected chi connectivity index (χ3v) is 3.33. The molecule has 22 heavy (non-hydrogen) atoms. The van der Waals surface area contributed by atoms with Crippen LogP contribution in [0.1, 0.15) is 0 Å². The minimum atomic E-state index is -0.343. The zero-order chi connectivity index (χ0) is 17.4. The van der Waals surface area contributed by atoms with Gasteiger partial charge in [-0.3, -0.25) is 9.80 Å². The first-order valence-corrected chi connectivity index (χ1v) is 6.17. The van der Waals surface area contributed by atoms with Crippen molar-refractivity contribution in [2.45, 2.75) is 12.3 Å². The lowest BCUT2D eigenvalue weighted by Gasteiger charge is -2.25. The Balaban J connectivity index is 0.00000102. The van der Waals surface area contributed by atoms with Gasteiger partial charge >= 0.3 is 12.1 Å². The van der Waals surface area contributed by atoms with E-state index in [2.05, 4.69) is 0 Å². The van der Waals surface area contributed by atoms with E-state index in [0.717, 1.165) is 0 Å². The summed E-state index contributed by atoms with van der Waals surface area (Å²) in [5.74, 6) is 0. The number of methoxy groups -OCH3 is 2. The highest BCUT2D eigenvalue weighted by Gasteiger charge is 2.56. The fourth-order valence-electron chi connectivity index (χ4n) is 2.55. The Morgan fingerprint density at radius 2 is 1.14 bits per heavy atom. The van der Waals surface area contributed by atoms with E-state index < -0.39 is 0 Å². The number of carbonyl (C=O) groups excluding carboxylic acids is 4. The van der Waals surface area contributed by atoms with Gasteiger partial charge in [-0.1, -0.05) is 0 Å². The largest absolute Gasteiger partial charge is 0.364 e. The molecule has 2 heterocycles. The number of hydrogen-bond acceptors (Lipinski definition) is 6. The maximum atomic E-state index is 12.2. The summed E-state index contributed by atoms with van der Waals surface area (Å²) in [6.45, 7) is 4.29. The number of ether oxygens (including phenoxy) is 2. The third kappa shape index (κ3) is 3.17. The van der Waals surface area contributed by atoms with Crippen LogP contribution in [0.2, 0.25) is 0 Å². The average molecular weight is 318 g/mol. The predicted molar refractivity (Wildman–Crippen MR) is 75.6 cm³/mol. The van der Waals surface area contributed by atoms with Gasteiger partial charge < -0.3 is 28.9 Å². The molecule has 2 fully saturated rings. The maximum Gasteiger partial charge on any atom is 0.327 e. The van der Waals surface area contributed by atoms with Crippen LogP contribution in [0.25, 0.3) is 0 Å². The van der Waals surface area contributed by atoms with Gasteiger partial charge in [0.05, 0.1) is 0 Å². The zero-order valence-electron chi connectivity index (χ0n) is 13.2. The van der Waals surface area contributed by atoms with Crippen LogP contribution in [0.4, 0.5) is 9.59 Å². The lowest BCUT2D eigenvalue weighted by Crippen LogP contribution is -2.45. The van der Waals surface area contributed by atoms with Gasteiger partial charge in [0, 0.05) is 28.3 Å². The first kappa shape index (κ1) is 19.8. The van der Waals surface area contributed by atoms with Crippen molar-refractivity contribution in [3.63, 3.8) is 0 Å². The summed E-state index contributed by atoms with van der Waals surface area (Å²) < 4.78 is 10.1. The molecule has 2 rings (SSSR count). The highest BCUT2D eigenvalue weighted by Crippen LogP contribution is 2.32. The van der Waals surface area contributed by atoms with Gasteiger partial charge in [-0.05, 0) is 0 Å². The normalized spacial score (nSPS) is 22.9. The molecular weight excluding hydrogens is 296 g/mol. The van der Waals surface area contributed by atoms with E-state index in [9.17, 15) is 9.59 Å². The molecule has 0 spiro atoms. The molecule has 2 aliphatic heterocycles. The van der Waals surface area contributed by atoms with Gasteiger partial charge in [0.25, 0.3) is 0 Å². The van der Waals surface area contributed by atoms with Crippen LogP contribution in [0, 0.1) is 0 Å². The number of fused-ring (bicyclic) bond motifs is 1. The van der Waals surface area contributed by atoms with Crippen molar-refractivity contribution < 1.29 is 28.7 Å². The molecule has 10 nitrogen and oxygen atoms in total. The molecule has 2 aliphatic rings. The molecule has 0 saturated carbocycles. The Labute approximate surface area is 129 Å². The second kappa shape index (κ2) is 8.95. The van der Waals surface area contributed by atoms with Crippen molar-refractivity contribution in [3.05, 3.63) is 0 Å². The van der Waals surface area contributed by atoms with Gasteiger partial charge in [-0.15, -0.1) is 0 Å². The predicted octanol–water partition coefficient (Wildman–Crippen LogP) is -0.789. The molecule has 0 radical (unpaired) electrons. The van der Waals surface area contributed by atoms with E-state index in [-0.39, 0.29) is 37.9 Å². The van der Waals surface area contributed by atoms with E-state index in [1.165, 1.54) is 33.8 Å². The van der Waals surface area contributed by atoms with Gasteiger partial charge in [-0.2, -0.15) is 0 Å². The SMILES string of the molecule is C=O.C=O.COCN1C(=O)N(COC)C2C1N(C)C(=O)N2C. The third-order valence-electron chi connectivity index (χ3n) is 3.33. The Morgan fingerprint density at radius 3 is 1.41 bits per heavy atom. The molecule has 0 aromatic rings. The first-order chi connectivity index (χ1) is 10.5. The van der Waals surface area contributed by atoms with E-state index in [4.69, 9.17) is 19.1 Å². The summed E-state index contributed by atoms with van der Waals surface area (Å²) in [5, 5.41) is 0. The summed E-state index contributed by atoms with van der Waals surface area (Å²) in [7, 11) is 6.38. The monoisotopic (exact) mass is 318 g/mol. The fraction of sp³-hybridized carbons (Fsp3) is 0.667. The summed E-state index contributed by atoms with van der Waals surface area (Å²) in [6.07, 6.45) is -0.685. The van der Waals surface area contributed by atoms with Crippen molar-refractivity contribution in [3.8, 4) is 0 Å². The fourth-order valence-corrected chi connectivity index (χ4v) is 2.55. The topological polar surface area (TPSA) is 99.7 Å². The lowest BCUT2D eigenvalue weighted by molar-refractivity contribution is -0.0987. The van der Waals surface area contributed by atoms with Gasteiger partial charge in [-0.25, -0.2) is 9.59 Å². The molecule has 0 bridgehead atoms. The van der Waals surface area contributed by atoms with Gasteiger partial charge in [0.2, 0.25) is 0 Å². The van der Waals surface area contributed by atoms with Crippen LogP contribution in [0.3, 0.4) is 0 Å². The standard InChI is InChI=1S/C10H18N4O4.2CH2O/c1-11-7-8(12(2)9(11)15)14(6-18-4)10(16)13(7)5-17-3;2*1-2/h7-8H,5-6H2,1-4H3;2*1H2. The number of amides is 4. The van der Waals surface area contributed by atoms with Crippen molar-refractivity contribution in [1.29, 1.82) is 0 Å². The van der Waals surface area contributed by atoms with E-state index >= 15 is 0 Å². The van der Waals surface area contributed by atoms with Crippen LogP contribution in [0.5, 0.6) is 0 Å². The summed E-state index contributed by atoms with van der Waals surface area (Å²) in [5.41, 5.74) is 0. The Morgan fingerprint density at radius 1 is 0.818 bits per heavy atom. The molecule has 0 aromatic heterocycles. The highest BCUT2D eigenvalue weighted by atomic mass is 16.5. The molecule has 10 heteroatoms. The maximum absolute atomic E-state index is 12.2. The van der Waals surface area contributed by atoms with Crippen LogP contribution in [-0.4, -0.2) is 99.3 Å². The quantitative estimate of drug-likeness (QED) is 0.673. The second-order valence-electron chi connectivity index (χ2n) is 4.39. The summed E-state index contributed by atoms with van der Waals surface area (Å²) in [4.78, 5) is 46.3. The molecule has 2 unspecified atom stereocenters. The molecular formula is C12H22N4O6. The lowest BCUT2D eigenvalue weighted by atomic mass is 10.3. The molecule has 0 aliphatic carbocycles. The molecule has 2 saturated heterocycles. The van der Waals surface area contributed by atoms with Crippen LogP contribution in [-0.2, 0) is 19.1 Å². The Kier molecular flexibility index (Phi) is 8.05. The van der Waals surface area contributed by atoms with E-state index in [0.29, 0.717) is 0 Å². The zero-order valence-corrected chi connectivity index (χ0v) is 13.2. The van der Waals surface area contributed by atoms with Crippen molar-refractivity contribution in [2.75, 3.05) is 41.8 Å². The van der Waals surface area contributed by atoms with Gasteiger partial charge in [0.15, 0.2) is 12.3 Å². The minimum Gasteiger partial charge on any atom is -0.364 e. The summed E-state index contributed by atoms with van der Waals surface area (Å²) in [6, 6.07) is -0.320.